The van der Waals surface area contributed by atoms with Crippen molar-refractivity contribution in [2.45, 2.75) is 122 Å². The number of halogens is 2. The molecule has 24 heavy (non-hydrogen) atoms. The lowest BCUT2D eigenvalue weighted by Crippen LogP contribution is -1.84. The van der Waals surface area contributed by atoms with Crippen molar-refractivity contribution in [3.05, 3.63) is 0 Å². The van der Waals surface area contributed by atoms with Crippen molar-refractivity contribution >= 4 is 57.9 Å². The molecule has 0 heterocycles. The van der Waals surface area contributed by atoms with E-state index in [0.29, 0.717) is 0 Å². The molecule has 0 aromatic rings. The largest absolute Gasteiger partial charge is 0.113 e. The maximum Gasteiger partial charge on any atom is 0.0832 e. The van der Waals surface area contributed by atoms with Crippen LogP contribution in [-0.4, -0.2) is 5.75 Å². The first kappa shape index (κ1) is 26.2. The highest BCUT2D eigenvalue weighted by Crippen LogP contribution is 2.64. The summed E-state index contributed by atoms with van der Waals surface area (Å²) in [6.45, 7) is 2.30. The van der Waals surface area contributed by atoms with Crippen LogP contribution in [0, 0.1) is 0 Å². The van der Waals surface area contributed by atoms with Crippen LogP contribution in [0.3, 0.4) is 0 Å². The summed E-state index contributed by atoms with van der Waals surface area (Å²) in [4.78, 5) is 0. The molecule has 0 atom stereocenters. The van der Waals surface area contributed by atoms with Gasteiger partial charge in [0, 0.05) is 0 Å². The Morgan fingerprint density at radius 3 is 1.08 bits per heavy atom. The second-order valence-corrected chi connectivity index (χ2v) is 25.2. The SMILES string of the molecule is CCCCCCCCCCCCCCCCCCCCSP(I)I. The van der Waals surface area contributed by atoms with Crippen LogP contribution in [0.2, 0.25) is 0 Å². The molecule has 0 aliphatic heterocycles. The summed E-state index contributed by atoms with van der Waals surface area (Å²) in [5, 5.41) is 0. The predicted octanol–water partition coefficient (Wildman–Crippen LogP) is 10.9. The molecule has 0 rings (SSSR count). The molecule has 0 spiro atoms. The minimum Gasteiger partial charge on any atom is -0.113 e. The lowest BCUT2D eigenvalue weighted by Gasteiger charge is -2.04. The number of rotatable bonds is 20. The predicted molar refractivity (Wildman–Crippen MR) is 136 cm³/mol. The quantitative estimate of drug-likeness (QED) is 0.0764. The third-order valence-corrected chi connectivity index (χ3v) is 11.5. The fourth-order valence-electron chi connectivity index (χ4n) is 3.14. The first-order chi connectivity index (χ1) is 11.8. The van der Waals surface area contributed by atoms with Gasteiger partial charge in [-0.05, 0) is 56.3 Å². The van der Waals surface area contributed by atoms with Gasteiger partial charge in [0.25, 0.3) is 0 Å². The Morgan fingerprint density at radius 1 is 0.500 bits per heavy atom. The minimum atomic E-state index is 0.211. The molecule has 0 radical (unpaired) electrons. The van der Waals surface area contributed by atoms with Crippen LogP contribution in [0.1, 0.15) is 122 Å². The van der Waals surface area contributed by atoms with Crippen LogP contribution < -0.4 is 0 Å². The van der Waals surface area contributed by atoms with E-state index in [2.05, 4.69) is 62.4 Å². The molecule has 0 aliphatic carbocycles. The van der Waals surface area contributed by atoms with E-state index in [1.54, 1.807) is 0 Å². The van der Waals surface area contributed by atoms with Crippen molar-refractivity contribution in [2.24, 2.45) is 0 Å². The second kappa shape index (κ2) is 23.3. The van der Waals surface area contributed by atoms with Gasteiger partial charge < -0.3 is 0 Å². The van der Waals surface area contributed by atoms with Crippen molar-refractivity contribution in [2.75, 3.05) is 5.75 Å². The molecule has 0 bridgehead atoms. The van der Waals surface area contributed by atoms with E-state index in [1.807, 2.05) is 0 Å². The van der Waals surface area contributed by atoms with Gasteiger partial charge in [-0.3, -0.25) is 0 Å². The monoisotopic (exact) mass is 598 g/mol. The smallest absolute Gasteiger partial charge is 0.0832 e. The lowest BCUT2D eigenvalue weighted by molar-refractivity contribution is 0.527. The van der Waals surface area contributed by atoms with Crippen molar-refractivity contribution in [3.8, 4) is 0 Å². The Bertz CT molecular complexity index is 228. The van der Waals surface area contributed by atoms with Gasteiger partial charge in [-0.2, -0.15) is 0 Å². The van der Waals surface area contributed by atoms with E-state index in [0.717, 1.165) is 0 Å². The van der Waals surface area contributed by atoms with Crippen LogP contribution in [-0.2, 0) is 0 Å². The molecule has 0 nitrogen and oxygen atoms in total. The average molecular weight is 598 g/mol. The maximum absolute atomic E-state index is 2.56. The first-order valence-electron chi connectivity index (χ1n) is 10.5. The molecular formula is C20H41I2PS. The van der Waals surface area contributed by atoms with Gasteiger partial charge in [0.15, 0.2) is 0 Å². The fraction of sp³-hybridized carbons (Fsp3) is 1.00. The lowest BCUT2D eigenvalue weighted by atomic mass is 10.0. The Kier molecular flexibility index (Phi) is 25.5. The van der Waals surface area contributed by atoms with Crippen LogP contribution in [0.5, 0.6) is 0 Å². The molecule has 0 fully saturated rings. The number of unbranched alkanes of at least 4 members (excludes halogenated alkanes) is 17. The summed E-state index contributed by atoms with van der Waals surface area (Å²) in [5.74, 6) is 1.39. The van der Waals surface area contributed by atoms with E-state index < -0.39 is 0 Å². The molecule has 0 N–H and O–H groups in total. The van der Waals surface area contributed by atoms with Crippen molar-refractivity contribution < 1.29 is 0 Å². The fourth-order valence-corrected chi connectivity index (χ4v) is 7.95. The highest BCUT2D eigenvalue weighted by Gasteiger charge is 1.98. The first-order valence-corrected chi connectivity index (χ1v) is 19.0. The Morgan fingerprint density at radius 2 is 0.792 bits per heavy atom. The van der Waals surface area contributed by atoms with E-state index >= 15 is 0 Å². The summed E-state index contributed by atoms with van der Waals surface area (Å²) >= 11 is 7.28. The zero-order valence-electron chi connectivity index (χ0n) is 16.0. The Labute approximate surface area is 184 Å². The highest BCUT2D eigenvalue weighted by molar-refractivity contribution is 14.3. The summed E-state index contributed by atoms with van der Waals surface area (Å²) in [5.41, 5.74) is 0. The van der Waals surface area contributed by atoms with Crippen molar-refractivity contribution in [1.29, 1.82) is 0 Å². The van der Waals surface area contributed by atoms with Gasteiger partial charge >= 0.3 is 0 Å². The standard InChI is InChI=1S/C20H41I2PS/c1-2-3-4-5-6-7-8-9-10-11-12-13-14-15-16-17-18-19-20-24-23(21)22/h2-20H2,1H3. The average Bonchev–Trinajstić information content (AvgIpc) is 2.56. The van der Waals surface area contributed by atoms with Gasteiger partial charge in [0.2, 0.25) is 0 Å². The Hall–Kier alpha value is 2.24. The van der Waals surface area contributed by atoms with E-state index in [9.17, 15) is 0 Å². The minimum absolute atomic E-state index is 0.211. The third kappa shape index (κ3) is 24.2. The molecule has 146 valence electrons. The summed E-state index contributed by atoms with van der Waals surface area (Å²) in [6, 6.07) is 0. The topological polar surface area (TPSA) is 0 Å². The third-order valence-electron chi connectivity index (χ3n) is 4.69. The maximum atomic E-state index is 2.56. The molecule has 0 aromatic heterocycles. The van der Waals surface area contributed by atoms with Gasteiger partial charge in [0.1, 0.15) is 0 Å². The zero-order chi connectivity index (χ0) is 17.7. The summed E-state index contributed by atoms with van der Waals surface area (Å²) in [7, 11) is 0. The molecule has 0 aromatic carbocycles. The summed E-state index contributed by atoms with van der Waals surface area (Å²) < 4.78 is 0.211. The summed E-state index contributed by atoms with van der Waals surface area (Å²) in [6.07, 6.45) is 26.5. The molecule has 4 heteroatoms. The van der Waals surface area contributed by atoms with E-state index in [4.69, 9.17) is 0 Å². The van der Waals surface area contributed by atoms with Gasteiger partial charge in [-0.1, -0.05) is 116 Å². The Balaban J connectivity index is 2.95. The number of hydrogen-bond donors (Lipinski definition) is 0. The molecular weight excluding hydrogens is 557 g/mol. The van der Waals surface area contributed by atoms with Crippen LogP contribution in [0.15, 0.2) is 0 Å². The molecule has 0 amide bonds. The van der Waals surface area contributed by atoms with Crippen LogP contribution >= 0.6 is 57.9 Å². The zero-order valence-corrected chi connectivity index (χ0v) is 22.1. The second-order valence-electron chi connectivity index (χ2n) is 7.05. The molecule has 0 saturated heterocycles. The molecule has 0 unspecified atom stereocenters. The van der Waals surface area contributed by atoms with Gasteiger partial charge in [-0.25, -0.2) is 0 Å². The highest BCUT2D eigenvalue weighted by atomic mass is 127. The number of hydrogen-bond acceptors (Lipinski definition) is 1. The van der Waals surface area contributed by atoms with Crippen LogP contribution in [0.4, 0.5) is 0 Å². The van der Waals surface area contributed by atoms with E-state index in [-0.39, 0.29) is 2.41 Å². The van der Waals surface area contributed by atoms with Gasteiger partial charge in [-0.15, -0.1) is 11.4 Å². The van der Waals surface area contributed by atoms with Crippen molar-refractivity contribution in [3.63, 3.8) is 0 Å². The normalized spacial score (nSPS) is 11.5. The van der Waals surface area contributed by atoms with Crippen LogP contribution in [0.25, 0.3) is 0 Å². The molecule has 0 aliphatic rings. The van der Waals surface area contributed by atoms with Crippen molar-refractivity contribution in [1.82, 2.24) is 0 Å². The van der Waals surface area contributed by atoms with Gasteiger partial charge in [0.05, 0.1) is 2.41 Å². The molecule has 0 saturated carbocycles. The van der Waals surface area contributed by atoms with E-state index in [1.165, 1.54) is 121 Å².